The lowest BCUT2D eigenvalue weighted by Crippen LogP contribution is -2.46. The van der Waals surface area contributed by atoms with E-state index in [2.05, 4.69) is 16.0 Å². The fourth-order valence-electron chi connectivity index (χ4n) is 6.88. The van der Waals surface area contributed by atoms with E-state index in [0.29, 0.717) is 33.8 Å². The highest BCUT2D eigenvalue weighted by Gasteiger charge is 2.31. The summed E-state index contributed by atoms with van der Waals surface area (Å²) in [5.41, 5.74) is 4.40. The Hall–Kier alpha value is -5.67. The number of nitrogens with one attached hydrogen (secondary N) is 3. The van der Waals surface area contributed by atoms with Gasteiger partial charge >= 0.3 is 5.97 Å². The second-order valence-corrected chi connectivity index (χ2v) is 14.8. The number of halogens is 1. The van der Waals surface area contributed by atoms with E-state index in [0.717, 1.165) is 12.0 Å². The highest BCUT2D eigenvalue weighted by Crippen LogP contribution is 2.42. The van der Waals surface area contributed by atoms with Gasteiger partial charge in [-0.25, -0.2) is 9.18 Å². The first kappa shape index (κ1) is 47.0. The van der Waals surface area contributed by atoms with Gasteiger partial charge in [0.1, 0.15) is 18.0 Å². The van der Waals surface area contributed by atoms with Crippen molar-refractivity contribution in [3.8, 4) is 22.4 Å². The number of ether oxygens (including phenoxy) is 1. The number of carbonyl (C=O) groups is 4. The summed E-state index contributed by atoms with van der Waals surface area (Å²) in [7, 11) is 0. The number of benzene rings is 3. The summed E-state index contributed by atoms with van der Waals surface area (Å²) in [4.78, 5) is 52.5. The standard InChI is InChI=1S/C46H57FN4O9/c1-4-5-8-17-39(56)48-24-22-38(46(59)60-37(28-52)29-53)50-40(57)27-36(55)26-35(54)23-25-51-43(30(2)3)42(45(58)49-34-15-11-7-12-16-34)41(31-13-9-6-10-14-31)44(51)32-18-20-33(47)21-19-32/h5-16,18-21,30,35-38,52-55H,4,17,22-29H2,1-3H3,(H,48,56)(H,49,58)(H,50,57)/b8-5-/t35-,36-,38?/m1/s1. The summed E-state index contributed by atoms with van der Waals surface area (Å²) in [6, 6.07) is 23.2. The molecule has 0 aliphatic heterocycles. The van der Waals surface area contributed by atoms with Gasteiger partial charge in [-0.3, -0.25) is 14.4 Å². The fourth-order valence-corrected chi connectivity index (χ4v) is 6.88. The van der Waals surface area contributed by atoms with Gasteiger partial charge in [0, 0.05) is 36.5 Å². The minimum Gasteiger partial charge on any atom is -0.456 e. The van der Waals surface area contributed by atoms with Gasteiger partial charge in [0.15, 0.2) is 0 Å². The van der Waals surface area contributed by atoms with Gasteiger partial charge in [-0.2, -0.15) is 0 Å². The molecule has 0 bridgehead atoms. The molecule has 3 aromatic carbocycles. The number of rotatable bonds is 23. The highest BCUT2D eigenvalue weighted by atomic mass is 19.1. The molecule has 1 aromatic heterocycles. The van der Waals surface area contributed by atoms with Gasteiger partial charge in [0.05, 0.1) is 43.1 Å². The van der Waals surface area contributed by atoms with E-state index >= 15 is 0 Å². The molecule has 0 radical (unpaired) electrons. The maximum absolute atomic E-state index is 14.3. The molecule has 322 valence electrons. The zero-order valence-electron chi connectivity index (χ0n) is 34.4. The molecule has 1 unspecified atom stereocenters. The highest BCUT2D eigenvalue weighted by molar-refractivity contribution is 6.12. The van der Waals surface area contributed by atoms with Crippen LogP contribution >= 0.6 is 0 Å². The molecule has 1 heterocycles. The zero-order chi connectivity index (χ0) is 43.6. The van der Waals surface area contributed by atoms with Crippen LogP contribution in [0.2, 0.25) is 0 Å². The average Bonchev–Trinajstić information content (AvgIpc) is 3.58. The lowest BCUT2D eigenvalue weighted by molar-refractivity contribution is -0.157. The molecule has 3 atom stereocenters. The lowest BCUT2D eigenvalue weighted by atomic mass is 9.94. The Morgan fingerprint density at radius 2 is 1.47 bits per heavy atom. The summed E-state index contributed by atoms with van der Waals surface area (Å²) < 4.78 is 21.4. The minimum absolute atomic E-state index is 0.00229. The molecule has 0 spiro atoms. The number of amides is 3. The molecular weight excluding hydrogens is 772 g/mol. The summed E-state index contributed by atoms with van der Waals surface area (Å²) >= 11 is 0. The number of carbonyl (C=O) groups excluding carboxylic acids is 4. The van der Waals surface area contributed by atoms with E-state index < -0.39 is 61.7 Å². The molecule has 13 nitrogen and oxygen atoms in total. The van der Waals surface area contributed by atoms with Crippen LogP contribution in [0.3, 0.4) is 0 Å². The van der Waals surface area contributed by atoms with Crippen molar-refractivity contribution in [1.82, 2.24) is 15.2 Å². The third-order valence-corrected chi connectivity index (χ3v) is 9.71. The predicted molar refractivity (Wildman–Crippen MR) is 227 cm³/mol. The quantitative estimate of drug-likeness (QED) is 0.0374. The first-order valence-corrected chi connectivity index (χ1v) is 20.3. The number of anilines is 1. The Kier molecular flexibility index (Phi) is 18.7. The van der Waals surface area contributed by atoms with Gasteiger partial charge < -0.3 is 45.7 Å². The largest absolute Gasteiger partial charge is 0.456 e. The van der Waals surface area contributed by atoms with Gasteiger partial charge in [-0.15, -0.1) is 0 Å². The van der Waals surface area contributed by atoms with E-state index in [1.54, 1.807) is 30.3 Å². The number of aliphatic hydroxyl groups excluding tert-OH is 4. The SMILES string of the molecule is CC/C=C\CC(=O)NCCC(NC(=O)C[C@H](O)C[C@H](O)CCn1c(-c2ccc(F)cc2)c(-c2ccccc2)c(C(=O)Nc2ccccc2)c1C(C)C)C(=O)OC(CO)CO. The van der Waals surface area contributed by atoms with Crippen molar-refractivity contribution in [2.24, 2.45) is 0 Å². The Bertz CT molecular complexity index is 2020. The van der Waals surface area contributed by atoms with Gasteiger partial charge in [-0.1, -0.05) is 81.5 Å². The zero-order valence-corrected chi connectivity index (χ0v) is 34.4. The predicted octanol–water partition coefficient (Wildman–Crippen LogP) is 5.47. The van der Waals surface area contributed by atoms with Crippen LogP contribution in [0.4, 0.5) is 10.1 Å². The monoisotopic (exact) mass is 828 g/mol. The molecule has 4 rings (SSSR count). The summed E-state index contributed by atoms with van der Waals surface area (Å²) in [6.45, 7) is 4.74. The second kappa shape index (κ2) is 23.8. The van der Waals surface area contributed by atoms with Crippen molar-refractivity contribution in [1.29, 1.82) is 0 Å². The number of allylic oxidation sites excluding steroid dienone is 1. The van der Waals surface area contributed by atoms with Crippen molar-refractivity contribution in [3.05, 3.63) is 114 Å². The number of hydrogen-bond donors (Lipinski definition) is 7. The average molecular weight is 829 g/mol. The van der Waals surface area contributed by atoms with Crippen LogP contribution in [0.5, 0.6) is 0 Å². The maximum Gasteiger partial charge on any atom is 0.329 e. The van der Waals surface area contributed by atoms with E-state index in [9.17, 15) is 44.0 Å². The fraction of sp³-hybridized carbons (Fsp3) is 0.391. The van der Waals surface area contributed by atoms with E-state index in [4.69, 9.17) is 4.74 Å². The third kappa shape index (κ3) is 13.7. The maximum atomic E-state index is 14.3. The first-order valence-electron chi connectivity index (χ1n) is 20.3. The second-order valence-electron chi connectivity index (χ2n) is 14.8. The summed E-state index contributed by atoms with van der Waals surface area (Å²) in [6.07, 6.45) is 0.117. The number of aliphatic hydroxyl groups is 4. The van der Waals surface area contributed by atoms with E-state index in [1.165, 1.54) is 12.1 Å². The van der Waals surface area contributed by atoms with Crippen molar-refractivity contribution >= 4 is 29.4 Å². The normalized spacial score (nSPS) is 13.0. The molecular formula is C46H57FN4O9. The molecule has 3 amide bonds. The van der Waals surface area contributed by atoms with Gasteiger partial charge in [-0.05, 0) is 79.1 Å². The number of nitrogens with zero attached hydrogens (tertiary/aromatic N) is 1. The van der Waals surface area contributed by atoms with Gasteiger partial charge in [0.25, 0.3) is 5.91 Å². The van der Waals surface area contributed by atoms with Crippen LogP contribution in [0.15, 0.2) is 97.1 Å². The molecule has 14 heteroatoms. The molecule has 4 aromatic rings. The lowest BCUT2D eigenvalue weighted by Gasteiger charge is -2.22. The third-order valence-electron chi connectivity index (χ3n) is 9.71. The molecule has 0 saturated carbocycles. The van der Waals surface area contributed by atoms with Crippen LogP contribution in [-0.4, -0.2) is 92.8 Å². The summed E-state index contributed by atoms with van der Waals surface area (Å²) in [5.74, 6) is -2.93. The molecule has 7 N–H and O–H groups in total. The first-order chi connectivity index (χ1) is 28.9. The van der Waals surface area contributed by atoms with Crippen molar-refractivity contribution < 1.29 is 48.7 Å². The number of esters is 1. The van der Waals surface area contributed by atoms with Crippen LogP contribution in [0, 0.1) is 5.82 Å². The molecule has 0 aliphatic carbocycles. The molecule has 60 heavy (non-hydrogen) atoms. The minimum atomic E-state index is -1.33. The molecule has 0 saturated heterocycles. The molecule has 0 aliphatic rings. The van der Waals surface area contributed by atoms with Gasteiger partial charge in [0.2, 0.25) is 11.8 Å². The van der Waals surface area contributed by atoms with E-state index in [1.807, 2.05) is 79.9 Å². The Morgan fingerprint density at radius 3 is 2.08 bits per heavy atom. The molecule has 0 fully saturated rings. The topological polar surface area (TPSA) is 199 Å². The van der Waals surface area contributed by atoms with Crippen molar-refractivity contribution in [2.45, 2.75) is 96.1 Å². The Morgan fingerprint density at radius 1 is 0.817 bits per heavy atom. The van der Waals surface area contributed by atoms with Crippen LogP contribution in [0.25, 0.3) is 22.4 Å². The number of aromatic nitrogens is 1. The van der Waals surface area contributed by atoms with Crippen LogP contribution in [0.1, 0.15) is 81.3 Å². The van der Waals surface area contributed by atoms with E-state index in [-0.39, 0.29) is 56.5 Å². The number of hydrogen-bond acceptors (Lipinski definition) is 9. The Balaban J connectivity index is 1.55. The number of para-hydroxylation sites is 1. The van der Waals surface area contributed by atoms with Crippen molar-refractivity contribution in [3.63, 3.8) is 0 Å². The Labute approximate surface area is 350 Å². The van der Waals surface area contributed by atoms with Crippen LogP contribution in [-0.2, 0) is 25.7 Å². The smallest absolute Gasteiger partial charge is 0.329 e. The summed E-state index contributed by atoms with van der Waals surface area (Å²) in [5, 5.41) is 49.3. The van der Waals surface area contributed by atoms with Crippen LogP contribution < -0.4 is 16.0 Å². The van der Waals surface area contributed by atoms with Crippen molar-refractivity contribution in [2.75, 3.05) is 25.1 Å².